The number of aromatic nitrogens is 1. The molecule has 0 saturated carbocycles. The van der Waals surface area contributed by atoms with Crippen molar-refractivity contribution in [2.75, 3.05) is 0 Å². The van der Waals surface area contributed by atoms with Gasteiger partial charge in [0.25, 0.3) is 5.69 Å². The predicted molar refractivity (Wildman–Crippen MR) is 73.9 cm³/mol. The fraction of sp³-hybridized carbons (Fsp3) is 0.231. The molecule has 0 aliphatic carbocycles. The summed E-state index contributed by atoms with van der Waals surface area (Å²) in [4.78, 5) is 35.4. The Labute approximate surface area is 118 Å². The molecule has 0 saturated heterocycles. The van der Waals surface area contributed by atoms with Gasteiger partial charge >= 0.3 is 5.97 Å². The molecule has 1 heterocycles. The van der Waals surface area contributed by atoms with Crippen LogP contribution in [0.2, 0.25) is 0 Å². The summed E-state index contributed by atoms with van der Waals surface area (Å²) in [5, 5.41) is 22.9. The van der Waals surface area contributed by atoms with E-state index >= 15 is 0 Å². The van der Waals surface area contributed by atoms with Gasteiger partial charge in [-0.2, -0.15) is 0 Å². The van der Waals surface area contributed by atoms with Crippen molar-refractivity contribution < 1.29 is 19.6 Å². The van der Waals surface area contributed by atoms with Gasteiger partial charge in [-0.25, -0.2) is 4.79 Å². The number of carboxylic acid groups (broad SMARTS) is 1. The highest BCUT2D eigenvalue weighted by atomic mass is 16.6. The molecule has 0 aliphatic heterocycles. The Bertz CT molecular complexity index is 722. The highest BCUT2D eigenvalue weighted by Gasteiger charge is 2.22. The van der Waals surface area contributed by atoms with Crippen LogP contribution in [0.15, 0.2) is 24.4 Å². The molecular formula is C13H13N3O5. The first-order valence-electron chi connectivity index (χ1n) is 6.13. The van der Waals surface area contributed by atoms with Gasteiger partial charge in [-0.3, -0.25) is 14.9 Å². The summed E-state index contributed by atoms with van der Waals surface area (Å²) >= 11 is 0. The van der Waals surface area contributed by atoms with Crippen LogP contribution < -0.4 is 5.32 Å². The number of non-ortho nitro benzene ring substituents is 1. The molecule has 3 N–H and O–H groups in total. The van der Waals surface area contributed by atoms with Crippen molar-refractivity contribution in [3.05, 3.63) is 40.1 Å². The molecule has 1 aromatic carbocycles. The molecule has 0 aliphatic rings. The number of aromatic amines is 1. The number of nitrogens with one attached hydrogen (secondary N) is 2. The van der Waals surface area contributed by atoms with Gasteiger partial charge < -0.3 is 15.4 Å². The second-order valence-corrected chi connectivity index (χ2v) is 4.57. The average Bonchev–Trinajstić information content (AvgIpc) is 2.80. The van der Waals surface area contributed by atoms with Gasteiger partial charge in [0.2, 0.25) is 5.91 Å². The lowest BCUT2D eigenvalue weighted by molar-refractivity contribution is -0.383. The lowest BCUT2D eigenvalue weighted by Gasteiger charge is -2.12. The van der Waals surface area contributed by atoms with Crippen molar-refractivity contribution in [3.8, 4) is 0 Å². The quantitative estimate of drug-likeness (QED) is 0.564. The summed E-state index contributed by atoms with van der Waals surface area (Å²) in [5.74, 6) is -1.61. The van der Waals surface area contributed by atoms with Gasteiger partial charge in [0.1, 0.15) is 11.6 Å². The minimum Gasteiger partial charge on any atom is -0.480 e. The Hall–Kier alpha value is -2.90. The van der Waals surface area contributed by atoms with Crippen LogP contribution in [0.3, 0.4) is 0 Å². The molecule has 110 valence electrons. The number of hydrogen-bond donors (Lipinski definition) is 3. The van der Waals surface area contributed by atoms with Crippen molar-refractivity contribution in [1.82, 2.24) is 10.3 Å². The normalized spacial score (nSPS) is 12.0. The molecular weight excluding hydrogens is 278 g/mol. The maximum absolute atomic E-state index is 11.1. The number of carbonyl (C=O) groups is 2. The number of nitrogens with zero attached hydrogens (tertiary/aromatic N) is 1. The van der Waals surface area contributed by atoms with Gasteiger partial charge in [0, 0.05) is 31.0 Å². The van der Waals surface area contributed by atoms with E-state index in [2.05, 4.69) is 10.3 Å². The first-order valence-corrected chi connectivity index (χ1v) is 6.13. The number of fused-ring (bicyclic) bond motifs is 1. The number of carboxylic acids is 1. The fourth-order valence-corrected chi connectivity index (χ4v) is 2.18. The van der Waals surface area contributed by atoms with Crippen molar-refractivity contribution in [3.63, 3.8) is 0 Å². The van der Waals surface area contributed by atoms with Crippen LogP contribution >= 0.6 is 0 Å². The summed E-state index contributed by atoms with van der Waals surface area (Å²) in [7, 11) is 0. The molecule has 21 heavy (non-hydrogen) atoms. The van der Waals surface area contributed by atoms with Crippen LogP contribution in [-0.4, -0.2) is 32.9 Å². The molecule has 0 unspecified atom stereocenters. The summed E-state index contributed by atoms with van der Waals surface area (Å²) in [6.45, 7) is 1.23. The Morgan fingerprint density at radius 2 is 2.19 bits per heavy atom. The number of hydrogen-bond acceptors (Lipinski definition) is 4. The number of carbonyl (C=O) groups excluding carboxylic acids is 1. The van der Waals surface area contributed by atoms with E-state index in [4.69, 9.17) is 5.11 Å². The lowest BCUT2D eigenvalue weighted by atomic mass is 10.0. The van der Waals surface area contributed by atoms with E-state index in [9.17, 15) is 19.7 Å². The Morgan fingerprint density at radius 3 is 2.76 bits per heavy atom. The number of amides is 1. The fourth-order valence-electron chi connectivity index (χ4n) is 2.18. The zero-order valence-electron chi connectivity index (χ0n) is 11.1. The maximum atomic E-state index is 11.1. The standard InChI is InChI=1S/C13H13N3O5/c1-7(17)15-10(13(18)19)5-8-6-14-12-9(8)3-2-4-11(12)16(20)21/h2-4,6,10,14H,5H2,1H3,(H,15,17)(H,18,19)/t10-/m0/s1. The molecule has 8 nitrogen and oxygen atoms in total. The SMILES string of the molecule is CC(=O)N[C@@H](Cc1c[nH]c2c([N+](=O)[O-])cccc12)C(=O)O. The molecule has 1 atom stereocenters. The molecule has 0 radical (unpaired) electrons. The zero-order chi connectivity index (χ0) is 15.6. The molecule has 0 bridgehead atoms. The van der Waals surface area contributed by atoms with E-state index in [1.54, 1.807) is 6.07 Å². The van der Waals surface area contributed by atoms with Crippen molar-refractivity contribution in [2.24, 2.45) is 0 Å². The van der Waals surface area contributed by atoms with Crippen LogP contribution in [0, 0.1) is 10.1 Å². The van der Waals surface area contributed by atoms with E-state index in [1.165, 1.54) is 25.3 Å². The van der Waals surface area contributed by atoms with E-state index in [-0.39, 0.29) is 12.1 Å². The number of rotatable bonds is 5. The second kappa shape index (κ2) is 5.61. The third-order valence-corrected chi connectivity index (χ3v) is 3.08. The molecule has 1 aromatic heterocycles. The monoisotopic (exact) mass is 291 g/mol. The minimum atomic E-state index is -1.16. The van der Waals surface area contributed by atoms with Crippen LogP contribution in [0.4, 0.5) is 5.69 Å². The first-order chi connectivity index (χ1) is 9.90. The van der Waals surface area contributed by atoms with E-state index in [0.717, 1.165) is 0 Å². The van der Waals surface area contributed by atoms with Gasteiger partial charge in [0.05, 0.1) is 4.92 Å². The van der Waals surface area contributed by atoms with E-state index < -0.39 is 22.8 Å². The predicted octanol–water partition coefficient (Wildman–Crippen LogP) is 1.21. The van der Waals surface area contributed by atoms with Gasteiger partial charge in [-0.1, -0.05) is 12.1 Å². The third-order valence-electron chi connectivity index (χ3n) is 3.08. The number of H-pyrrole nitrogens is 1. The van der Waals surface area contributed by atoms with Crippen LogP contribution in [0.25, 0.3) is 10.9 Å². The summed E-state index contributed by atoms with van der Waals surface area (Å²) in [6.07, 6.45) is 1.56. The molecule has 2 aromatic rings. The number of benzene rings is 1. The van der Waals surface area contributed by atoms with Crippen LogP contribution in [-0.2, 0) is 16.0 Å². The highest BCUT2D eigenvalue weighted by molar-refractivity contribution is 5.91. The second-order valence-electron chi connectivity index (χ2n) is 4.57. The molecule has 8 heteroatoms. The van der Waals surface area contributed by atoms with Crippen LogP contribution in [0.5, 0.6) is 0 Å². The number of nitro groups is 1. The third kappa shape index (κ3) is 2.99. The minimum absolute atomic E-state index is 0.0378. The average molecular weight is 291 g/mol. The summed E-state index contributed by atoms with van der Waals surface area (Å²) in [6, 6.07) is 3.48. The smallest absolute Gasteiger partial charge is 0.326 e. The Balaban J connectivity index is 2.39. The number of nitro benzene ring substituents is 1. The molecule has 0 spiro atoms. The van der Waals surface area contributed by atoms with Crippen molar-refractivity contribution >= 4 is 28.5 Å². The Kier molecular flexibility index (Phi) is 3.88. The van der Waals surface area contributed by atoms with Crippen molar-refractivity contribution in [1.29, 1.82) is 0 Å². The van der Waals surface area contributed by atoms with Gasteiger partial charge in [-0.05, 0) is 5.56 Å². The molecule has 1 amide bonds. The van der Waals surface area contributed by atoms with E-state index in [0.29, 0.717) is 16.5 Å². The van der Waals surface area contributed by atoms with Gasteiger partial charge in [0.15, 0.2) is 0 Å². The molecule has 2 rings (SSSR count). The number of para-hydroxylation sites is 1. The zero-order valence-corrected chi connectivity index (χ0v) is 11.1. The summed E-state index contributed by atoms with van der Waals surface area (Å²) < 4.78 is 0. The molecule has 0 fully saturated rings. The van der Waals surface area contributed by atoms with Crippen molar-refractivity contribution in [2.45, 2.75) is 19.4 Å². The number of aliphatic carboxylic acids is 1. The Morgan fingerprint density at radius 1 is 1.48 bits per heavy atom. The topological polar surface area (TPSA) is 125 Å². The van der Waals surface area contributed by atoms with Gasteiger partial charge in [-0.15, -0.1) is 0 Å². The summed E-state index contributed by atoms with van der Waals surface area (Å²) in [5.41, 5.74) is 0.851. The van der Waals surface area contributed by atoms with E-state index in [1.807, 2.05) is 0 Å². The maximum Gasteiger partial charge on any atom is 0.326 e. The highest BCUT2D eigenvalue weighted by Crippen LogP contribution is 2.27. The van der Waals surface area contributed by atoms with Crippen LogP contribution in [0.1, 0.15) is 12.5 Å². The largest absolute Gasteiger partial charge is 0.480 e. The first kappa shape index (κ1) is 14.5. The lowest BCUT2D eigenvalue weighted by Crippen LogP contribution is -2.41.